The smallest absolute Gasteiger partial charge is 0.393 e. The number of rotatable bonds is 2. The number of carbonyl (C=O) groups is 1. The summed E-state index contributed by atoms with van der Waals surface area (Å²) in [7, 11) is 0. The highest BCUT2D eigenvalue weighted by atomic mass is 19.4. The van der Waals surface area contributed by atoms with Crippen LogP contribution in [0.5, 0.6) is 0 Å². The average Bonchev–Trinajstić information content (AvgIpc) is 2.26. The number of alkyl halides is 3. The molecule has 7 heteroatoms. The molecule has 0 bridgehead atoms. The van der Waals surface area contributed by atoms with E-state index < -0.39 is 24.2 Å². The largest absolute Gasteiger partial charge is 0.471 e. The van der Waals surface area contributed by atoms with Crippen LogP contribution in [-0.4, -0.2) is 54.0 Å². The second-order valence-electron chi connectivity index (χ2n) is 3.47. The maximum atomic E-state index is 12.3. The van der Waals surface area contributed by atoms with Gasteiger partial charge < -0.3 is 14.7 Å². The van der Waals surface area contributed by atoms with E-state index in [-0.39, 0.29) is 19.8 Å². The van der Waals surface area contributed by atoms with E-state index in [1.54, 1.807) is 0 Å². The van der Waals surface area contributed by atoms with Gasteiger partial charge in [0.15, 0.2) is 0 Å². The molecule has 0 aromatic rings. The molecule has 0 spiro atoms. The van der Waals surface area contributed by atoms with Gasteiger partial charge in [-0.25, -0.2) is 0 Å². The van der Waals surface area contributed by atoms with Crippen LogP contribution in [0.15, 0.2) is 12.7 Å². The van der Waals surface area contributed by atoms with Gasteiger partial charge in [-0.15, -0.1) is 6.58 Å². The Morgan fingerprint density at radius 1 is 1.62 bits per heavy atom. The first kappa shape index (κ1) is 13.0. The summed E-state index contributed by atoms with van der Waals surface area (Å²) in [6.07, 6.45) is -3.85. The number of aliphatic hydroxyl groups is 1. The molecule has 1 N–H and O–H groups in total. The molecule has 0 aromatic carbocycles. The van der Waals surface area contributed by atoms with E-state index >= 15 is 0 Å². The van der Waals surface area contributed by atoms with E-state index in [0.717, 1.165) is 6.08 Å². The molecule has 1 saturated heterocycles. The van der Waals surface area contributed by atoms with Crippen LogP contribution < -0.4 is 0 Å². The second kappa shape index (κ2) is 4.42. The average molecular weight is 239 g/mol. The Labute approximate surface area is 90.3 Å². The minimum Gasteiger partial charge on any atom is -0.393 e. The third-order valence-electron chi connectivity index (χ3n) is 2.49. The molecule has 0 saturated carbocycles. The second-order valence-corrected chi connectivity index (χ2v) is 3.47. The number of ether oxygens (including phenoxy) is 1. The van der Waals surface area contributed by atoms with Gasteiger partial charge in [0.05, 0.1) is 19.8 Å². The third kappa shape index (κ3) is 2.19. The van der Waals surface area contributed by atoms with Crippen molar-refractivity contribution in [3.63, 3.8) is 0 Å². The van der Waals surface area contributed by atoms with Crippen molar-refractivity contribution in [3.8, 4) is 0 Å². The van der Waals surface area contributed by atoms with Crippen molar-refractivity contribution in [2.75, 3.05) is 26.4 Å². The van der Waals surface area contributed by atoms with Crippen molar-refractivity contribution in [1.29, 1.82) is 0 Å². The Kier molecular flexibility index (Phi) is 3.59. The highest BCUT2D eigenvalue weighted by molar-refractivity contribution is 5.83. The Morgan fingerprint density at radius 2 is 2.25 bits per heavy atom. The topological polar surface area (TPSA) is 49.8 Å². The van der Waals surface area contributed by atoms with Gasteiger partial charge in [0.2, 0.25) is 0 Å². The zero-order valence-electron chi connectivity index (χ0n) is 8.46. The fourth-order valence-corrected chi connectivity index (χ4v) is 1.53. The highest BCUT2D eigenvalue weighted by Crippen LogP contribution is 2.27. The molecule has 1 heterocycles. The monoisotopic (exact) mass is 239 g/mol. The number of aliphatic hydroxyl groups excluding tert-OH is 1. The van der Waals surface area contributed by atoms with Crippen LogP contribution >= 0.6 is 0 Å². The summed E-state index contributed by atoms with van der Waals surface area (Å²) in [5, 5.41) is 9.11. The van der Waals surface area contributed by atoms with E-state index in [1.807, 2.05) is 0 Å². The first-order chi connectivity index (χ1) is 7.37. The van der Waals surface area contributed by atoms with E-state index in [1.165, 1.54) is 0 Å². The fraction of sp³-hybridized carbons (Fsp3) is 0.667. The van der Waals surface area contributed by atoms with Crippen molar-refractivity contribution in [2.45, 2.75) is 11.7 Å². The van der Waals surface area contributed by atoms with Gasteiger partial charge in [-0.2, -0.15) is 13.2 Å². The van der Waals surface area contributed by atoms with Crippen molar-refractivity contribution in [2.24, 2.45) is 0 Å². The SMILES string of the molecule is C=CC1(CO)COCCN1C(=O)C(F)(F)F. The highest BCUT2D eigenvalue weighted by Gasteiger charge is 2.50. The molecular formula is C9H12F3NO3. The zero-order chi connectivity index (χ0) is 12.4. The number of morpholine rings is 1. The first-order valence-corrected chi connectivity index (χ1v) is 4.58. The van der Waals surface area contributed by atoms with Crippen molar-refractivity contribution >= 4 is 5.91 Å². The Balaban J connectivity index is 2.99. The maximum absolute atomic E-state index is 12.3. The molecule has 0 aliphatic carbocycles. The van der Waals surface area contributed by atoms with Gasteiger partial charge >= 0.3 is 12.1 Å². The van der Waals surface area contributed by atoms with E-state index in [9.17, 15) is 18.0 Å². The lowest BCUT2D eigenvalue weighted by Gasteiger charge is -2.43. The molecule has 1 atom stereocenters. The molecule has 92 valence electrons. The Bertz CT molecular complexity index is 292. The minimum atomic E-state index is -4.96. The summed E-state index contributed by atoms with van der Waals surface area (Å²) >= 11 is 0. The van der Waals surface area contributed by atoms with Crippen molar-refractivity contribution in [3.05, 3.63) is 12.7 Å². The van der Waals surface area contributed by atoms with Crippen LogP contribution in [0, 0.1) is 0 Å². The molecule has 16 heavy (non-hydrogen) atoms. The van der Waals surface area contributed by atoms with Gasteiger partial charge in [-0.05, 0) is 0 Å². The molecule has 1 fully saturated rings. The van der Waals surface area contributed by atoms with Crippen LogP contribution in [0.4, 0.5) is 13.2 Å². The van der Waals surface area contributed by atoms with Crippen LogP contribution in [-0.2, 0) is 9.53 Å². The van der Waals surface area contributed by atoms with Crippen LogP contribution in [0.2, 0.25) is 0 Å². The standard InChI is InChI=1S/C9H12F3NO3/c1-2-8(5-14)6-16-4-3-13(8)7(15)9(10,11)12/h2,14H,1,3-6H2. The van der Waals surface area contributed by atoms with Crippen LogP contribution in [0.3, 0.4) is 0 Å². The lowest BCUT2D eigenvalue weighted by atomic mass is 9.98. The first-order valence-electron chi connectivity index (χ1n) is 4.58. The quantitative estimate of drug-likeness (QED) is 0.706. The number of carbonyl (C=O) groups excluding carboxylic acids is 1. The predicted octanol–water partition coefficient (Wildman–Crippen LogP) is 0.325. The molecule has 4 nitrogen and oxygen atoms in total. The third-order valence-corrected chi connectivity index (χ3v) is 2.49. The van der Waals surface area contributed by atoms with E-state index in [0.29, 0.717) is 4.90 Å². The lowest BCUT2D eigenvalue weighted by Crippen LogP contribution is -2.62. The molecule has 0 radical (unpaired) electrons. The van der Waals surface area contributed by atoms with Gasteiger partial charge in [0, 0.05) is 6.54 Å². The summed E-state index contributed by atoms with van der Waals surface area (Å²) in [6, 6.07) is 0. The zero-order valence-corrected chi connectivity index (χ0v) is 8.46. The summed E-state index contributed by atoms with van der Waals surface area (Å²) in [6.45, 7) is 2.29. The summed E-state index contributed by atoms with van der Waals surface area (Å²) < 4.78 is 41.9. The van der Waals surface area contributed by atoms with Gasteiger partial charge in [-0.1, -0.05) is 6.08 Å². The van der Waals surface area contributed by atoms with Crippen LogP contribution in [0.25, 0.3) is 0 Å². The van der Waals surface area contributed by atoms with Gasteiger partial charge in [-0.3, -0.25) is 4.79 Å². The lowest BCUT2D eigenvalue weighted by molar-refractivity contribution is -0.198. The Hall–Kier alpha value is -1.08. The summed E-state index contributed by atoms with van der Waals surface area (Å²) in [5.74, 6) is -1.98. The van der Waals surface area contributed by atoms with Gasteiger partial charge in [0.25, 0.3) is 0 Å². The fourth-order valence-electron chi connectivity index (χ4n) is 1.53. The maximum Gasteiger partial charge on any atom is 0.471 e. The molecule has 0 aromatic heterocycles. The molecule has 1 rings (SSSR count). The molecule has 1 unspecified atom stereocenters. The van der Waals surface area contributed by atoms with E-state index in [2.05, 4.69) is 6.58 Å². The summed E-state index contributed by atoms with van der Waals surface area (Å²) in [5.41, 5.74) is -1.48. The molecule has 1 aliphatic rings. The number of halogens is 3. The molecular weight excluding hydrogens is 227 g/mol. The molecule has 1 amide bonds. The van der Waals surface area contributed by atoms with Crippen molar-refractivity contribution in [1.82, 2.24) is 4.90 Å². The number of hydrogen-bond acceptors (Lipinski definition) is 3. The number of hydrogen-bond donors (Lipinski definition) is 1. The van der Waals surface area contributed by atoms with Crippen LogP contribution in [0.1, 0.15) is 0 Å². The van der Waals surface area contributed by atoms with E-state index in [4.69, 9.17) is 9.84 Å². The predicted molar refractivity (Wildman–Crippen MR) is 48.6 cm³/mol. The number of amides is 1. The minimum absolute atomic E-state index is 0.0113. The van der Waals surface area contributed by atoms with Gasteiger partial charge in [0.1, 0.15) is 5.54 Å². The summed E-state index contributed by atoms with van der Waals surface area (Å²) in [4.78, 5) is 11.7. The number of nitrogens with zero attached hydrogens (tertiary/aromatic N) is 1. The normalized spacial score (nSPS) is 26.6. The Morgan fingerprint density at radius 3 is 2.69 bits per heavy atom. The van der Waals surface area contributed by atoms with Crippen molar-refractivity contribution < 1.29 is 27.8 Å². The molecule has 1 aliphatic heterocycles.